The zero-order chi connectivity index (χ0) is 18.4. The molecule has 144 valence electrons. The van der Waals surface area contributed by atoms with Gasteiger partial charge in [-0.25, -0.2) is 0 Å². The highest BCUT2D eigenvalue weighted by molar-refractivity contribution is 7.09. The first-order chi connectivity index (χ1) is 13.2. The van der Waals surface area contributed by atoms with E-state index in [0.717, 1.165) is 30.0 Å². The van der Waals surface area contributed by atoms with E-state index in [0.29, 0.717) is 11.5 Å². The summed E-state index contributed by atoms with van der Waals surface area (Å²) in [6, 6.07) is 11.9. The Morgan fingerprint density at radius 1 is 1.19 bits per heavy atom. The molecule has 1 aromatic carbocycles. The van der Waals surface area contributed by atoms with Gasteiger partial charge in [0.25, 0.3) is 0 Å². The molecule has 2 fully saturated rings. The van der Waals surface area contributed by atoms with Gasteiger partial charge in [-0.1, -0.05) is 19.1 Å². The summed E-state index contributed by atoms with van der Waals surface area (Å²) in [4.78, 5) is 1.47. The Morgan fingerprint density at radius 2 is 2.11 bits per heavy atom. The van der Waals surface area contributed by atoms with Gasteiger partial charge in [0.2, 0.25) is 0 Å². The first-order valence-electron chi connectivity index (χ1n) is 10.6. The number of nitrogens with one attached hydrogen (secondary N) is 1. The normalized spacial score (nSPS) is 34.6. The van der Waals surface area contributed by atoms with Crippen molar-refractivity contribution in [3.05, 3.63) is 51.7 Å². The molecule has 0 aliphatic heterocycles. The van der Waals surface area contributed by atoms with Crippen molar-refractivity contribution in [1.82, 2.24) is 5.32 Å². The number of benzene rings is 1. The molecule has 27 heavy (non-hydrogen) atoms. The van der Waals surface area contributed by atoms with Crippen molar-refractivity contribution in [3.8, 4) is 5.75 Å². The maximum atomic E-state index is 5.47. The number of hydrogen-bond acceptors (Lipinski definition) is 3. The van der Waals surface area contributed by atoms with Crippen LogP contribution in [0.2, 0.25) is 0 Å². The molecule has 0 amide bonds. The van der Waals surface area contributed by atoms with E-state index in [4.69, 9.17) is 4.74 Å². The quantitative estimate of drug-likeness (QED) is 0.726. The number of fused-ring (bicyclic) bond motifs is 5. The second-order valence-corrected chi connectivity index (χ2v) is 10.1. The molecule has 0 bridgehead atoms. The molecule has 2 aromatic rings. The third-order valence-corrected chi connectivity index (χ3v) is 8.91. The van der Waals surface area contributed by atoms with E-state index < -0.39 is 0 Å². The lowest BCUT2D eigenvalue weighted by molar-refractivity contribution is 0.0409. The highest BCUT2D eigenvalue weighted by Gasteiger charge is 2.54. The van der Waals surface area contributed by atoms with E-state index in [1.807, 2.05) is 11.3 Å². The molecule has 1 aromatic heterocycles. The van der Waals surface area contributed by atoms with Gasteiger partial charge in [0.05, 0.1) is 7.11 Å². The van der Waals surface area contributed by atoms with Gasteiger partial charge in [0.1, 0.15) is 5.75 Å². The van der Waals surface area contributed by atoms with Crippen LogP contribution in [0.4, 0.5) is 0 Å². The summed E-state index contributed by atoms with van der Waals surface area (Å²) in [5.41, 5.74) is 3.65. The van der Waals surface area contributed by atoms with Crippen LogP contribution in [-0.2, 0) is 13.0 Å². The number of aryl methyl sites for hydroxylation is 1. The smallest absolute Gasteiger partial charge is 0.119 e. The average Bonchev–Trinajstić information content (AvgIpc) is 3.32. The molecule has 0 saturated heterocycles. The number of hydrogen-bond donors (Lipinski definition) is 1. The number of rotatable bonds is 4. The predicted molar refractivity (Wildman–Crippen MR) is 113 cm³/mol. The Morgan fingerprint density at radius 3 is 2.93 bits per heavy atom. The average molecular weight is 382 g/mol. The number of thiophene rings is 1. The van der Waals surface area contributed by atoms with Crippen molar-refractivity contribution in [2.75, 3.05) is 7.11 Å². The van der Waals surface area contributed by atoms with E-state index in [1.165, 1.54) is 43.4 Å². The van der Waals surface area contributed by atoms with E-state index in [2.05, 4.69) is 48.0 Å². The maximum absolute atomic E-state index is 5.47. The van der Waals surface area contributed by atoms with Gasteiger partial charge in [0.15, 0.2) is 0 Å². The molecule has 5 atom stereocenters. The van der Waals surface area contributed by atoms with Gasteiger partial charge in [-0.15, -0.1) is 11.3 Å². The molecular formula is C24H31NOS. The Bertz CT molecular complexity index is 801. The minimum absolute atomic E-state index is 0.475. The van der Waals surface area contributed by atoms with Crippen molar-refractivity contribution >= 4 is 11.3 Å². The third kappa shape index (κ3) is 2.94. The molecule has 0 radical (unpaired) electrons. The van der Waals surface area contributed by atoms with Crippen LogP contribution in [0.1, 0.15) is 60.9 Å². The van der Waals surface area contributed by atoms with Gasteiger partial charge >= 0.3 is 0 Å². The van der Waals surface area contributed by atoms with Gasteiger partial charge < -0.3 is 10.1 Å². The Labute approximate surface area is 167 Å². The molecule has 5 rings (SSSR count). The van der Waals surface area contributed by atoms with Crippen LogP contribution in [0.15, 0.2) is 35.7 Å². The molecule has 3 aliphatic rings. The maximum Gasteiger partial charge on any atom is 0.119 e. The second kappa shape index (κ2) is 6.93. The lowest BCUT2D eigenvalue weighted by Gasteiger charge is -2.51. The first kappa shape index (κ1) is 17.8. The fourth-order valence-corrected chi connectivity index (χ4v) is 7.31. The summed E-state index contributed by atoms with van der Waals surface area (Å²) in [5, 5.41) is 6.14. The van der Waals surface area contributed by atoms with Crippen LogP contribution in [0, 0.1) is 17.3 Å². The van der Waals surface area contributed by atoms with Gasteiger partial charge in [-0.05, 0) is 96.4 Å². The summed E-state index contributed by atoms with van der Waals surface area (Å²) in [7, 11) is 1.78. The van der Waals surface area contributed by atoms with Gasteiger partial charge in [0, 0.05) is 17.5 Å². The molecule has 1 heterocycles. The number of ether oxygens (including phenoxy) is 1. The van der Waals surface area contributed by atoms with Crippen molar-refractivity contribution in [2.24, 2.45) is 17.3 Å². The minimum atomic E-state index is 0.475. The fraction of sp³-hybridized carbons (Fsp3) is 0.583. The molecular weight excluding hydrogens is 350 g/mol. The molecule has 0 spiro atoms. The Balaban J connectivity index is 1.35. The zero-order valence-electron chi connectivity index (χ0n) is 16.5. The van der Waals surface area contributed by atoms with Gasteiger partial charge in [-0.3, -0.25) is 0 Å². The molecule has 2 saturated carbocycles. The van der Waals surface area contributed by atoms with Crippen LogP contribution < -0.4 is 10.1 Å². The molecule has 1 N–H and O–H groups in total. The van der Waals surface area contributed by atoms with E-state index in [1.54, 1.807) is 18.2 Å². The lowest BCUT2D eigenvalue weighted by Crippen LogP contribution is -2.48. The Hall–Kier alpha value is -1.32. The van der Waals surface area contributed by atoms with Crippen molar-refractivity contribution in [2.45, 2.75) is 64.0 Å². The van der Waals surface area contributed by atoms with Crippen LogP contribution >= 0.6 is 11.3 Å². The predicted octanol–water partition coefficient (Wildman–Crippen LogP) is 5.77. The van der Waals surface area contributed by atoms with E-state index in [-0.39, 0.29) is 0 Å². The largest absolute Gasteiger partial charge is 0.497 e. The SMILES string of the molecule is COc1ccc2c(c1)CC[C@@H]1[C@@H]2CC[C@]2(C)[C@@H](NCc3cccs3)CC[C@@H]12. The van der Waals surface area contributed by atoms with E-state index >= 15 is 0 Å². The summed E-state index contributed by atoms with van der Waals surface area (Å²) in [6.45, 7) is 3.64. The summed E-state index contributed by atoms with van der Waals surface area (Å²) in [6.07, 6.45) is 8.08. The lowest BCUT2D eigenvalue weighted by atomic mass is 9.55. The highest BCUT2D eigenvalue weighted by Crippen LogP contribution is 2.61. The monoisotopic (exact) mass is 381 g/mol. The first-order valence-corrected chi connectivity index (χ1v) is 11.5. The standard InChI is InChI=1S/C24H31NOS/c1-24-12-11-20-19-8-6-17(26-2)14-16(19)5-7-21(20)22(24)9-10-23(24)25-15-18-4-3-13-27-18/h3-4,6,8,13-14,20-23,25H,5,7,9-12,15H2,1-2H3/t20-,21-,22+,23+,24+/m1/s1. The molecule has 2 nitrogen and oxygen atoms in total. The van der Waals surface area contributed by atoms with Crippen molar-refractivity contribution < 1.29 is 4.74 Å². The van der Waals surface area contributed by atoms with Crippen LogP contribution in [0.5, 0.6) is 5.75 Å². The zero-order valence-corrected chi connectivity index (χ0v) is 17.4. The number of methoxy groups -OCH3 is 1. The Kier molecular flexibility index (Phi) is 4.56. The second-order valence-electron chi connectivity index (χ2n) is 9.11. The van der Waals surface area contributed by atoms with Crippen molar-refractivity contribution in [3.63, 3.8) is 0 Å². The van der Waals surface area contributed by atoms with Crippen molar-refractivity contribution in [1.29, 1.82) is 0 Å². The van der Waals surface area contributed by atoms with E-state index in [9.17, 15) is 0 Å². The van der Waals surface area contributed by atoms with Crippen LogP contribution in [0.25, 0.3) is 0 Å². The highest BCUT2D eigenvalue weighted by atomic mass is 32.1. The van der Waals surface area contributed by atoms with Crippen LogP contribution in [-0.4, -0.2) is 13.2 Å². The molecule has 3 aliphatic carbocycles. The summed E-state index contributed by atoms with van der Waals surface area (Å²) < 4.78 is 5.47. The molecule has 3 heteroatoms. The minimum Gasteiger partial charge on any atom is -0.497 e. The summed E-state index contributed by atoms with van der Waals surface area (Å²) in [5.74, 6) is 3.55. The molecule has 0 unspecified atom stereocenters. The fourth-order valence-electron chi connectivity index (χ4n) is 6.66. The van der Waals surface area contributed by atoms with Gasteiger partial charge in [-0.2, -0.15) is 0 Å². The van der Waals surface area contributed by atoms with Crippen LogP contribution in [0.3, 0.4) is 0 Å². The topological polar surface area (TPSA) is 21.3 Å². The summed E-state index contributed by atoms with van der Waals surface area (Å²) >= 11 is 1.88. The third-order valence-electron chi connectivity index (χ3n) is 8.04.